The fraction of sp³-hybridized carbons (Fsp3) is 0.583. The van der Waals surface area contributed by atoms with E-state index in [2.05, 4.69) is 20.6 Å². The first-order valence-corrected chi connectivity index (χ1v) is 7.02. The molecule has 0 spiro atoms. The minimum absolute atomic E-state index is 0. The van der Waals surface area contributed by atoms with E-state index in [-0.39, 0.29) is 36.2 Å². The van der Waals surface area contributed by atoms with Crippen LogP contribution in [-0.4, -0.2) is 65.7 Å². The van der Waals surface area contributed by atoms with Crippen LogP contribution >= 0.6 is 24.0 Å². The molecule has 0 saturated carbocycles. The third-order valence-corrected chi connectivity index (χ3v) is 3.59. The van der Waals surface area contributed by atoms with Crippen molar-refractivity contribution in [2.75, 3.05) is 32.7 Å². The van der Waals surface area contributed by atoms with Crippen LogP contribution in [0.25, 0.3) is 0 Å². The molecule has 1 atom stereocenters. The van der Waals surface area contributed by atoms with Crippen molar-refractivity contribution in [3.05, 3.63) is 23.2 Å². The van der Waals surface area contributed by atoms with Crippen LogP contribution in [0, 0.1) is 0 Å². The maximum absolute atomic E-state index is 13.2. The quantitative estimate of drug-likeness (QED) is 0.827. The molecule has 0 aromatic carbocycles. The van der Waals surface area contributed by atoms with Gasteiger partial charge in [0, 0.05) is 38.9 Å². The van der Waals surface area contributed by atoms with Gasteiger partial charge < -0.3 is 10.6 Å². The second-order valence-corrected chi connectivity index (χ2v) is 5.18. The molecular weight excluding hydrogens is 358 g/mol. The van der Waals surface area contributed by atoms with Crippen molar-refractivity contribution >= 4 is 29.9 Å². The van der Waals surface area contributed by atoms with E-state index in [1.54, 1.807) is 0 Å². The summed E-state index contributed by atoms with van der Waals surface area (Å²) < 4.78 is 39.5. The summed E-state index contributed by atoms with van der Waals surface area (Å²) in [4.78, 5) is 20.5. The standard InChI is InChI=1S/C12H15ClF3N5O.ClH/c13-8-5-18-7-20-10(8)11(22)19-6-9(12(14,15)16)21-3-1-17-2-4-21;/h5,7,9,17H,1-4,6H2,(H,19,22);1H. The highest BCUT2D eigenvalue weighted by atomic mass is 35.5. The van der Waals surface area contributed by atoms with Gasteiger partial charge in [0.25, 0.3) is 5.91 Å². The molecule has 130 valence electrons. The molecule has 1 aromatic heterocycles. The molecule has 1 amide bonds. The summed E-state index contributed by atoms with van der Waals surface area (Å²) in [7, 11) is 0. The van der Waals surface area contributed by atoms with Gasteiger partial charge in [-0.1, -0.05) is 11.6 Å². The Kier molecular flexibility index (Phi) is 7.46. The molecule has 23 heavy (non-hydrogen) atoms. The van der Waals surface area contributed by atoms with Gasteiger partial charge in [-0.15, -0.1) is 12.4 Å². The number of rotatable bonds is 4. The second kappa shape index (κ2) is 8.62. The van der Waals surface area contributed by atoms with Crippen molar-refractivity contribution in [2.24, 2.45) is 0 Å². The Morgan fingerprint density at radius 1 is 1.43 bits per heavy atom. The molecule has 11 heteroatoms. The van der Waals surface area contributed by atoms with Crippen molar-refractivity contribution in [1.82, 2.24) is 25.5 Å². The highest BCUT2D eigenvalue weighted by Crippen LogP contribution is 2.25. The number of aromatic nitrogens is 2. The van der Waals surface area contributed by atoms with Gasteiger partial charge in [0.1, 0.15) is 18.1 Å². The largest absolute Gasteiger partial charge is 0.405 e. The Morgan fingerprint density at radius 2 is 2.09 bits per heavy atom. The maximum atomic E-state index is 13.2. The number of carbonyl (C=O) groups is 1. The van der Waals surface area contributed by atoms with Gasteiger partial charge in [-0.2, -0.15) is 13.2 Å². The van der Waals surface area contributed by atoms with Crippen LogP contribution in [0.3, 0.4) is 0 Å². The molecule has 6 nitrogen and oxygen atoms in total. The molecule has 1 aromatic rings. The lowest BCUT2D eigenvalue weighted by Crippen LogP contribution is -2.57. The van der Waals surface area contributed by atoms with Crippen LogP contribution in [0.15, 0.2) is 12.5 Å². The van der Waals surface area contributed by atoms with Crippen LogP contribution < -0.4 is 10.6 Å². The maximum Gasteiger partial charge on any atom is 0.405 e. The smallest absolute Gasteiger partial charge is 0.349 e. The topological polar surface area (TPSA) is 70.2 Å². The predicted molar refractivity (Wildman–Crippen MR) is 80.9 cm³/mol. The SMILES string of the molecule is Cl.O=C(NCC(N1CCNCC1)C(F)(F)F)c1ncncc1Cl. The van der Waals surface area contributed by atoms with Crippen LogP contribution in [0.2, 0.25) is 5.02 Å². The Balaban J connectivity index is 0.00000264. The van der Waals surface area contributed by atoms with E-state index in [0.717, 1.165) is 6.33 Å². The van der Waals surface area contributed by atoms with E-state index in [1.807, 2.05) is 0 Å². The van der Waals surface area contributed by atoms with E-state index < -0.39 is 24.7 Å². The Bertz CT molecular complexity index is 526. The number of hydrogen-bond donors (Lipinski definition) is 2. The van der Waals surface area contributed by atoms with E-state index >= 15 is 0 Å². The van der Waals surface area contributed by atoms with Crippen molar-refractivity contribution < 1.29 is 18.0 Å². The highest BCUT2D eigenvalue weighted by molar-refractivity contribution is 6.33. The minimum atomic E-state index is -4.43. The van der Waals surface area contributed by atoms with Gasteiger partial charge in [0.15, 0.2) is 0 Å². The monoisotopic (exact) mass is 373 g/mol. The van der Waals surface area contributed by atoms with E-state index in [9.17, 15) is 18.0 Å². The predicted octanol–water partition coefficient (Wildman–Crippen LogP) is 1.12. The highest BCUT2D eigenvalue weighted by Gasteiger charge is 2.43. The average molecular weight is 374 g/mol. The Labute approximate surface area is 142 Å². The average Bonchev–Trinajstić information content (AvgIpc) is 2.47. The Hall–Kier alpha value is -1.16. The van der Waals surface area contributed by atoms with E-state index in [0.29, 0.717) is 13.1 Å². The zero-order chi connectivity index (χ0) is 16.2. The number of amides is 1. The molecule has 1 aliphatic rings. The van der Waals surface area contributed by atoms with Gasteiger partial charge >= 0.3 is 6.18 Å². The first kappa shape index (κ1) is 19.9. The molecule has 0 aliphatic carbocycles. The van der Waals surface area contributed by atoms with Crippen LogP contribution in [0.4, 0.5) is 13.2 Å². The summed E-state index contributed by atoms with van der Waals surface area (Å²) in [5.41, 5.74) is -0.141. The number of hydrogen-bond acceptors (Lipinski definition) is 5. The zero-order valence-electron chi connectivity index (χ0n) is 11.9. The number of nitrogens with zero attached hydrogens (tertiary/aromatic N) is 3. The Morgan fingerprint density at radius 3 is 2.65 bits per heavy atom. The summed E-state index contributed by atoms with van der Waals surface area (Å²) in [6.07, 6.45) is -2.11. The van der Waals surface area contributed by atoms with Gasteiger partial charge in [-0.3, -0.25) is 9.69 Å². The molecular formula is C12H16Cl2F3N5O. The van der Waals surface area contributed by atoms with E-state index in [4.69, 9.17) is 11.6 Å². The number of alkyl halides is 3. The summed E-state index contributed by atoms with van der Waals surface area (Å²) in [6, 6.07) is -1.74. The second-order valence-electron chi connectivity index (χ2n) is 4.77. The molecule has 2 N–H and O–H groups in total. The fourth-order valence-electron chi connectivity index (χ4n) is 2.20. The lowest BCUT2D eigenvalue weighted by molar-refractivity contribution is -0.183. The van der Waals surface area contributed by atoms with Crippen molar-refractivity contribution in [1.29, 1.82) is 0 Å². The summed E-state index contributed by atoms with van der Waals surface area (Å²) in [6.45, 7) is 0.960. The van der Waals surface area contributed by atoms with Gasteiger partial charge in [-0.05, 0) is 0 Å². The van der Waals surface area contributed by atoms with Gasteiger partial charge in [0.2, 0.25) is 0 Å². The minimum Gasteiger partial charge on any atom is -0.349 e. The lowest BCUT2D eigenvalue weighted by atomic mass is 10.2. The van der Waals surface area contributed by atoms with Gasteiger partial charge in [-0.25, -0.2) is 9.97 Å². The molecule has 1 fully saturated rings. The zero-order valence-corrected chi connectivity index (χ0v) is 13.5. The van der Waals surface area contributed by atoms with Crippen LogP contribution in [0.5, 0.6) is 0 Å². The molecule has 1 aliphatic heterocycles. The number of halogens is 5. The first-order chi connectivity index (χ1) is 10.4. The van der Waals surface area contributed by atoms with Gasteiger partial charge in [0.05, 0.1) is 5.02 Å². The van der Waals surface area contributed by atoms with Crippen molar-refractivity contribution in [3.8, 4) is 0 Å². The molecule has 2 heterocycles. The molecule has 1 saturated heterocycles. The molecule has 2 rings (SSSR count). The summed E-state index contributed by atoms with van der Waals surface area (Å²) in [5, 5.41) is 5.23. The third-order valence-electron chi connectivity index (χ3n) is 3.31. The third kappa shape index (κ3) is 5.45. The van der Waals surface area contributed by atoms with Crippen molar-refractivity contribution in [2.45, 2.75) is 12.2 Å². The van der Waals surface area contributed by atoms with E-state index in [1.165, 1.54) is 11.1 Å². The summed E-state index contributed by atoms with van der Waals surface area (Å²) >= 11 is 5.75. The molecule has 0 bridgehead atoms. The summed E-state index contributed by atoms with van der Waals surface area (Å²) in [5.74, 6) is -0.753. The number of piperazine rings is 1. The lowest BCUT2D eigenvalue weighted by Gasteiger charge is -2.35. The fourth-order valence-corrected chi connectivity index (χ4v) is 2.39. The van der Waals surface area contributed by atoms with Crippen molar-refractivity contribution in [3.63, 3.8) is 0 Å². The van der Waals surface area contributed by atoms with Crippen LogP contribution in [0.1, 0.15) is 10.5 Å². The molecule has 0 radical (unpaired) electrons. The molecule has 1 unspecified atom stereocenters. The van der Waals surface area contributed by atoms with Crippen LogP contribution in [-0.2, 0) is 0 Å². The number of carbonyl (C=O) groups excluding carboxylic acids is 1. The normalized spacial score (nSPS) is 17.2. The number of nitrogens with one attached hydrogen (secondary N) is 2. The first-order valence-electron chi connectivity index (χ1n) is 6.65.